The molecular weight excluding hydrogens is 374 g/mol. The number of rotatable bonds is 4. The van der Waals surface area contributed by atoms with Gasteiger partial charge in [-0.2, -0.15) is 0 Å². The van der Waals surface area contributed by atoms with E-state index in [-0.39, 0.29) is 5.91 Å². The molecule has 3 aromatic rings. The zero-order valence-corrected chi connectivity index (χ0v) is 16.3. The highest BCUT2D eigenvalue weighted by atomic mass is 35.5. The Bertz CT molecular complexity index is 1000. The largest absolute Gasteiger partial charge is 0.497 e. The number of fused-ring (bicyclic) bond motifs is 1. The fraction of sp³-hybridized carbons (Fsp3) is 0.227. The summed E-state index contributed by atoms with van der Waals surface area (Å²) in [6.45, 7) is 1.18. The number of benzene rings is 2. The number of methoxy groups -OCH3 is 1. The Morgan fingerprint density at radius 1 is 1.18 bits per heavy atom. The van der Waals surface area contributed by atoms with Crippen LogP contribution in [0.5, 0.6) is 5.75 Å². The average Bonchev–Trinajstić information content (AvgIpc) is 2.74. The van der Waals surface area contributed by atoms with Gasteiger partial charge in [-0.15, -0.1) is 0 Å². The number of hydrogen-bond donors (Lipinski definition) is 0. The van der Waals surface area contributed by atoms with E-state index in [1.807, 2.05) is 59.6 Å². The van der Waals surface area contributed by atoms with E-state index in [2.05, 4.69) is 4.98 Å². The summed E-state index contributed by atoms with van der Waals surface area (Å²) in [6, 6.07) is 15.2. The molecule has 1 aromatic heterocycles. The molecule has 0 bridgehead atoms. The van der Waals surface area contributed by atoms with Crippen LogP contribution in [0.2, 0.25) is 5.02 Å². The minimum Gasteiger partial charge on any atom is -0.497 e. The van der Waals surface area contributed by atoms with Crippen LogP contribution in [0.3, 0.4) is 0 Å². The second-order valence-corrected chi connectivity index (χ2v) is 7.13. The van der Waals surface area contributed by atoms with E-state index in [0.29, 0.717) is 30.4 Å². The van der Waals surface area contributed by atoms with Crippen LogP contribution in [0.1, 0.15) is 16.8 Å². The van der Waals surface area contributed by atoms with Crippen LogP contribution >= 0.6 is 11.6 Å². The van der Waals surface area contributed by atoms with Crippen molar-refractivity contribution in [3.8, 4) is 17.1 Å². The predicted octanol–water partition coefficient (Wildman–Crippen LogP) is 3.93. The van der Waals surface area contributed by atoms with Crippen molar-refractivity contribution in [1.82, 2.24) is 14.9 Å². The molecule has 0 spiro atoms. The molecule has 0 saturated carbocycles. The van der Waals surface area contributed by atoms with Crippen LogP contribution in [0, 0.1) is 0 Å². The molecule has 2 aromatic carbocycles. The van der Waals surface area contributed by atoms with Gasteiger partial charge in [0.2, 0.25) is 5.91 Å². The van der Waals surface area contributed by atoms with Crippen molar-refractivity contribution in [2.45, 2.75) is 19.4 Å². The lowest BCUT2D eigenvalue weighted by Crippen LogP contribution is -2.37. The summed E-state index contributed by atoms with van der Waals surface area (Å²) in [6.07, 6.45) is 2.85. The van der Waals surface area contributed by atoms with E-state index in [0.717, 1.165) is 34.6 Å². The fourth-order valence-electron chi connectivity index (χ4n) is 3.32. The standard InChI is InChI=1S/C22H20ClN3O2/c1-28-18-8-6-15(7-9-18)22-24-13-17-14-26(11-10-20(17)25-22)21(27)12-16-4-2-3-5-19(16)23/h2-9,13H,10-12,14H2,1H3. The van der Waals surface area contributed by atoms with Crippen molar-refractivity contribution in [3.05, 3.63) is 76.6 Å². The van der Waals surface area contributed by atoms with E-state index >= 15 is 0 Å². The van der Waals surface area contributed by atoms with E-state index in [1.165, 1.54) is 0 Å². The number of amides is 1. The number of carbonyl (C=O) groups is 1. The maximum Gasteiger partial charge on any atom is 0.227 e. The van der Waals surface area contributed by atoms with E-state index in [1.54, 1.807) is 7.11 Å². The van der Waals surface area contributed by atoms with Crippen molar-refractivity contribution in [1.29, 1.82) is 0 Å². The molecule has 0 unspecified atom stereocenters. The molecule has 1 amide bonds. The number of halogens is 1. The monoisotopic (exact) mass is 393 g/mol. The van der Waals surface area contributed by atoms with Crippen molar-refractivity contribution in [2.24, 2.45) is 0 Å². The molecule has 0 saturated heterocycles. The maximum atomic E-state index is 12.7. The number of hydrogen-bond acceptors (Lipinski definition) is 4. The first-order chi connectivity index (χ1) is 13.6. The zero-order chi connectivity index (χ0) is 19.5. The summed E-state index contributed by atoms with van der Waals surface area (Å²) in [5.74, 6) is 1.56. The van der Waals surface area contributed by atoms with Gasteiger partial charge in [-0.05, 0) is 35.9 Å². The number of carbonyl (C=O) groups excluding carboxylic acids is 1. The highest BCUT2D eigenvalue weighted by molar-refractivity contribution is 6.31. The third kappa shape index (κ3) is 3.85. The van der Waals surface area contributed by atoms with Gasteiger partial charge in [0.15, 0.2) is 5.82 Å². The van der Waals surface area contributed by atoms with Crippen LogP contribution in [0.25, 0.3) is 11.4 Å². The topological polar surface area (TPSA) is 55.3 Å². The van der Waals surface area contributed by atoms with Gasteiger partial charge in [0.25, 0.3) is 0 Å². The van der Waals surface area contributed by atoms with Crippen LogP contribution < -0.4 is 4.74 Å². The molecule has 0 atom stereocenters. The molecule has 28 heavy (non-hydrogen) atoms. The zero-order valence-electron chi connectivity index (χ0n) is 15.6. The molecule has 0 fully saturated rings. The van der Waals surface area contributed by atoms with Gasteiger partial charge in [0.05, 0.1) is 19.2 Å². The van der Waals surface area contributed by atoms with Crippen molar-refractivity contribution in [2.75, 3.05) is 13.7 Å². The Morgan fingerprint density at radius 3 is 2.71 bits per heavy atom. The Kier molecular flexibility index (Phi) is 5.26. The van der Waals surface area contributed by atoms with E-state index < -0.39 is 0 Å². The number of nitrogens with zero attached hydrogens (tertiary/aromatic N) is 3. The summed E-state index contributed by atoms with van der Waals surface area (Å²) in [5.41, 5.74) is 3.80. The van der Waals surface area contributed by atoms with Gasteiger partial charge in [0, 0.05) is 41.9 Å². The van der Waals surface area contributed by atoms with E-state index in [9.17, 15) is 4.79 Å². The maximum absolute atomic E-state index is 12.7. The Balaban J connectivity index is 1.48. The van der Waals surface area contributed by atoms with Gasteiger partial charge < -0.3 is 9.64 Å². The first kappa shape index (κ1) is 18.4. The fourth-order valence-corrected chi connectivity index (χ4v) is 3.53. The highest BCUT2D eigenvalue weighted by Crippen LogP contribution is 2.24. The van der Waals surface area contributed by atoms with Crippen LogP contribution in [-0.2, 0) is 24.2 Å². The number of aromatic nitrogens is 2. The van der Waals surface area contributed by atoms with Gasteiger partial charge in [0.1, 0.15) is 5.75 Å². The van der Waals surface area contributed by atoms with Crippen molar-refractivity contribution in [3.63, 3.8) is 0 Å². The highest BCUT2D eigenvalue weighted by Gasteiger charge is 2.23. The predicted molar refractivity (Wildman–Crippen MR) is 108 cm³/mol. The summed E-state index contributed by atoms with van der Waals surface area (Å²) in [4.78, 5) is 23.8. The normalized spacial score (nSPS) is 13.1. The SMILES string of the molecule is COc1ccc(-c2ncc3c(n2)CCN(C(=O)Cc2ccccc2Cl)C3)cc1. The lowest BCUT2D eigenvalue weighted by Gasteiger charge is -2.28. The molecule has 0 N–H and O–H groups in total. The molecule has 142 valence electrons. The van der Waals surface area contributed by atoms with Crippen LogP contribution in [0.15, 0.2) is 54.7 Å². The van der Waals surface area contributed by atoms with Gasteiger partial charge in [-0.3, -0.25) is 4.79 Å². The second-order valence-electron chi connectivity index (χ2n) is 6.73. The van der Waals surface area contributed by atoms with Gasteiger partial charge in [-0.25, -0.2) is 9.97 Å². The summed E-state index contributed by atoms with van der Waals surface area (Å²) >= 11 is 6.18. The van der Waals surface area contributed by atoms with Crippen LogP contribution in [-0.4, -0.2) is 34.4 Å². The minimum absolute atomic E-state index is 0.0676. The van der Waals surface area contributed by atoms with Gasteiger partial charge in [-0.1, -0.05) is 29.8 Å². The molecule has 0 radical (unpaired) electrons. The molecule has 4 rings (SSSR count). The summed E-state index contributed by atoms with van der Waals surface area (Å²) < 4.78 is 5.19. The smallest absolute Gasteiger partial charge is 0.227 e. The molecule has 5 nitrogen and oxygen atoms in total. The second kappa shape index (κ2) is 7.98. The quantitative estimate of drug-likeness (QED) is 0.673. The molecule has 1 aliphatic rings. The molecule has 2 heterocycles. The summed E-state index contributed by atoms with van der Waals surface area (Å²) in [5, 5.41) is 0.626. The minimum atomic E-state index is 0.0676. The first-order valence-electron chi connectivity index (χ1n) is 9.14. The molecule has 1 aliphatic heterocycles. The van der Waals surface area contributed by atoms with Crippen molar-refractivity contribution < 1.29 is 9.53 Å². The Labute approximate surface area is 169 Å². The lowest BCUT2D eigenvalue weighted by molar-refractivity contribution is -0.131. The van der Waals surface area contributed by atoms with Crippen molar-refractivity contribution >= 4 is 17.5 Å². The molecule has 0 aliphatic carbocycles. The number of ether oxygens (including phenoxy) is 1. The Morgan fingerprint density at radius 2 is 1.96 bits per heavy atom. The third-order valence-corrected chi connectivity index (χ3v) is 5.30. The third-order valence-electron chi connectivity index (χ3n) is 4.93. The van der Waals surface area contributed by atoms with E-state index in [4.69, 9.17) is 21.3 Å². The first-order valence-corrected chi connectivity index (χ1v) is 9.52. The molecular formula is C22H20ClN3O2. The van der Waals surface area contributed by atoms with Crippen LogP contribution in [0.4, 0.5) is 0 Å². The average molecular weight is 394 g/mol. The molecule has 6 heteroatoms. The summed E-state index contributed by atoms with van der Waals surface area (Å²) in [7, 11) is 1.64. The lowest BCUT2D eigenvalue weighted by atomic mass is 10.0. The van der Waals surface area contributed by atoms with Gasteiger partial charge >= 0.3 is 0 Å². The Hall–Kier alpha value is -2.92.